The van der Waals surface area contributed by atoms with Crippen molar-refractivity contribution < 1.29 is 0 Å². The Morgan fingerprint density at radius 3 is 2.83 bits per heavy atom. The van der Waals surface area contributed by atoms with E-state index >= 15 is 0 Å². The Hall–Kier alpha value is -0.480. The van der Waals surface area contributed by atoms with E-state index in [0.29, 0.717) is 0 Å². The molecule has 0 spiro atoms. The van der Waals surface area contributed by atoms with E-state index in [1.807, 2.05) is 6.92 Å². The molecule has 0 saturated heterocycles. The molecule has 1 aromatic heterocycles. The minimum Gasteiger partial charge on any atom is -0.325 e. The molecule has 0 atom stereocenters. The lowest BCUT2D eigenvalue weighted by Crippen LogP contribution is -2.21. The number of nitrogens with two attached hydrogens (primary N) is 1. The first-order valence-electron chi connectivity index (χ1n) is 4.26. The van der Waals surface area contributed by atoms with Crippen LogP contribution in [0.2, 0.25) is 0 Å². The lowest BCUT2D eigenvalue weighted by atomic mass is 10.1. The molecule has 4 heteroatoms. The van der Waals surface area contributed by atoms with E-state index in [0.717, 1.165) is 23.7 Å². The minimum atomic E-state index is 0.152. The lowest BCUT2D eigenvalue weighted by molar-refractivity contribution is 0.607. The van der Waals surface area contributed by atoms with E-state index in [4.69, 9.17) is 5.73 Å². The molecular weight excluding hydrogens is 170 g/mol. The molecule has 0 aromatic carbocycles. The first-order chi connectivity index (χ1) is 5.68. The standard InChI is InChI=1S/C8H13N3S/c1-6-10-7(12-11-6)2-3-8(9)4-5-8/h2-5,9H2,1H3. The van der Waals surface area contributed by atoms with Crippen molar-refractivity contribution in [1.29, 1.82) is 0 Å². The number of nitrogens with zero attached hydrogens (tertiary/aromatic N) is 2. The van der Waals surface area contributed by atoms with Gasteiger partial charge in [0.1, 0.15) is 10.8 Å². The summed E-state index contributed by atoms with van der Waals surface area (Å²) in [6.07, 6.45) is 4.44. The zero-order valence-corrected chi connectivity index (χ0v) is 8.02. The number of hydrogen-bond acceptors (Lipinski definition) is 4. The highest BCUT2D eigenvalue weighted by Gasteiger charge is 2.37. The highest BCUT2D eigenvalue weighted by atomic mass is 32.1. The maximum absolute atomic E-state index is 5.96. The highest BCUT2D eigenvalue weighted by Crippen LogP contribution is 2.36. The molecule has 1 saturated carbocycles. The number of aromatic nitrogens is 2. The van der Waals surface area contributed by atoms with Crippen molar-refractivity contribution in [1.82, 2.24) is 9.36 Å². The van der Waals surface area contributed by atoms with Gasteiger partial charge in [0.15, 0.2) is 0 Å². The van der Waals surface area contributed by atoms with Gasteiger partial charge in [-0.1, -0.05) is 0 Å². The van der Waals surface area contributed by atoms with Gasteiger partial charge in [0, 0.05) is 12.0 Å². The summed E-state index contributed by atoms with van der Waals surface area (Å²) in [6, 6.07) is 0. The molecule has 3 nitrogen and oxygen atoms in total. The van der Waals surface area contributed by atoms with Gasteiger partial charge in [-0.3, -0.25) is 0 Å². The van der Waals surface area contributed by atoms with E-state index in [2.05, 4.69) is 9.36 Å². The zero-order valence-electron chi connectivity index (χ0n) is 7.21. The van der Waals surface area contributed by atoms with Crippen LogP contribution >= 0.6 is 11.5 Å². The lowest BCUT2D eigenvalue weighted by Gasteiger charge is -2.04. The molecule has 1 aliphatic rings. The summed E-state index contributed by atoms with van der Waals surface area (Å²) < 4.78 is 4.13. The summed E-state index contributed by atoms with van der Waals surface area (Å²) in [6.45, 7) is 1.93. The fraction of sp³-hybridized carbons (Fsp3) is 0.750. The Morgan fingerprint density at radius 1 is 1.58 bits per heavy atom. The van der Waals surface area contributed by atoms with Crippen LogP contribution in [0, 0.1) is 6.92 Å². The van der Waals surface area contributed by atoms with Gasteiger partial charge in [0.05, 0.1) is 0 Å². The van der Waals surface area contributed by atoms with Gasteiger partial charge in [-0.05, 0) is 37.7 Å². The Morgan fingerprint density at radius 2 is 2.33 bits per heavy atom. The van der Waals surface area contributed by atoms with Crippen molar-refractivity contribution in [2.75, 3.05) is 0 Å². The van der Waals surface area contributed by atoms with Crippen LogP contribution in [0.1, 0.15) is 30.1 Å². The fourth-order valence-corrected chi connectivity index (χ4v) is 1.85. The number of aryl methyl sites for hydroxylation is 2. The third-order valence-electron chi connectivity index (χ3n) is 2.30. The molecule has 2 rings (SSSR count). The molecule has 1 heterocycles. The summed E-state index contributed by atoms with van der Waals surface area (Å²) in [5.74, 6) is 0.886. The van der Waals surface area contributed by atoms with Crippen LogP contribution < -0.4 is 5.73 Å². The third-order valence-corrected chi connectivity index (χ3v) is 3.16. The predicted molar refractivity (Wildman–Crippen MR) is 49.1 cm³/mol. The van der Waals surface area contributed by atoms with Crippen molar-refractivity contribution >= 4 is 11.5 Å². The SMILES string of the molecule is Cc1nsc(CCC2(N)CC2)n1. The van der Waals surface area contributed by atoms with E-state index in [1.54, 1.807) is 0 Å². The second kappa shape index (κ2) is 2.78. The maximum Gasteiger partial charge on any atom is 0.139 e. The third kappa shape index (κ3) is 1.81. The second-order valence-electron chi connectivity index (χ2n) is 3.60. The molecule has 1 aromatic rings. The Labute approximate surface area is 76.2 Å². The molecule has 12 heavy (non-hydrogen) atoms. The van der Waals surface area contributed by atoms with Gasteiger partial charge in [0.25, 0.3) is 0 Å². The van der Waals surface area contributed by atoms with Gasteiger partial charge in [-0.15, -0.1) is 0 Å². The van der Waals surface area contributed by atoms with Crippen LogP contribution in [0.3, 0.4) is 0 Å². The molecule has 0 radical (unpaired) electrons. The fourth-order valence-electron chi connectivity index (χ4n) is 1.21. The van der Waals surface area contributed by atoms with Crippen molar-refractivity contribution in [3.05, 3.63) is 10.8 Å². The predicted octanol–water partition coefficient (Wildman–Crippen LogP) is 1.27. The van der Waals surface area contributed by atoms with Gasteiger partial charge in [-0.25, -0.2) is 4.98 Å². The largest absolute Gasteiger partial charge is 0.325 e. The van der Waals surface area contributed by atoms with Crippen LogP contribution in [0.15, 0.2) is 0 Å². The summed E-state index contributed by atoms with van der Waals surface area (Å²) in [7, 11) is 0. The quantitative estimate of drug-likeness (QED) is 0.767. The first-order valence-corrected chi connectivity index (χ1v) is 5.03. The van der Waals surface area contributed by atoms with Crippen LogP contribution in [0.25, 0.3) is 0 Å². The second-order valence-corrected chi connectivity index (χ2v) is 4.43. The molecule has 1 aliphatic carbocycles. The first kappa shape index (κ1) is 8.13. The summed E-state index contributed by atoms with van der Waals surface area (Å²) >= 11 is 1.50. The maximum atomic E-state index is 5.96. The molecule has 2 N–H and O–H groups in total. The van der Waals surface area contributed by atoms with Crippen LogP contribution in [-0.4, -0.2) is 14.9 Å². The van der Waals surface area contributed by atoms with Crippen molar-refractivity contribution in [3.8, 4) is 0 Å². The van der Waals surface area contributed by atoms with Crippen molar-refractivity contribution in [2.45, 2.75) is 38.1 Å². The topological polar surface area (TPSA) is 51.8 Å². The van der Waals surface area contributed by atoms with Crippen LogP contribution in [0.4, 0.5) is 0 Å². The zero-order chi connectivity index (χ0) is 8.60. The van der Waals surface area contributed by atoms with E-state index in [9.17, 15) is 0 Å². The van der Waals surface area contributed by atoms with Gasteiger partial charge >= 0.3 is 0 Å². The number of rotatable bonds is 3. The van der Waals surface area contributed by atoms with E-state index < -0.39 is 0 Å². The van der Waals surface area contributed by atoms with Crippen LogP contribution in [0.5, 0.6) is 0 Å². The van der Waals surface area contributed by atoms with Gasteiger partial charge in [-0.2, -0.15) is 4.37 Å². The molecule has 0 bridgehead atoms. The van der Waals surface area contributed by atoms with E-state index in [-0.39, 0.29) is 5.54 Å². The summed E-state index contributed by atoms with van der Waals surface area (Å²) in [4.78, 5) is 4.29. The monoisotopic (exact) mass is 183 g/mol. The summed E-state index contributed by atoms with van der Waals surface area (Å²) in [5.41, 5.74) is 6.11. The van der Waals surface area contributed by atoms with Gasteiger partial charge in [0.2, 0.25) is 0 Å². The average Bonchev–Trinajstić information content (AvgIpc) is 2.60. The average molecular weight is 183 g/mol. The Bertz CT molecular complexity index is 278. The summed E-state index contributed by atoms with van der Waals surface area (Å²) in [5, 5.41) is 1.13. The minimum absolute atomic E-state index is 0.152. The number of hydrogen-bond donors (Lipinski definition) is 1. The van der Waals surface area contributed by atoms with E-state index in [1.165, 1.54) is 24.4 Å². The smallest absolute Gasteiger partial charge is 0.139 e. The normalized spacial score (nSPS) is 19.5. The van der Waals surface area contributed by atoms with Crippen molar-refractivity contribution in [3.63, 3.8) is 0 Å². The van der Waals surface area contributed by atoms with Crippen molar-refractivity contribution in [2.24, 2.45) is 5.73 Å². The molecule has 0 amide bonds. The molecule has 0 unspecified atom stereocenters. The Balaban J connectivity index is 1.87. The molecular formula is C8H13N3S. The Kier molecular flexibility index (Phi) is 1.88. The molecule has 1 fully saturated rings. The van der Waals surface area contributed by atoms with Crippen LogP contribution in [-0.2, 0) is 6.42 Å². The molecule has 66 valence electrons. The highest BCUT2D eigenvalue weighted by molar-refractivity contribution is 7.05. The molecule has 0 aliphatic heterocycles. The van der Waals surface area contributed by atoms with Gasteiger partial charge < -0.3 is 5.73 Å².